The normalized spacial score (nSPS) is 11.2. The fraction of sp³-hybridized carbons (Fsp3) is 0.167. The molecule has 0 saturated carbocycles. The predicted molar refractivity (Wildman–Crippen MR) is 87.4 cm³/mol. The van der Waals surface area contributed by atoms with Crippen molar-refractivity contribution in [2.45, 2.75) is 6.54 Å². The maximum absolute atomic E-state index is 12.3. The van der Waals surface area contributed by atoms with Crippen molar-refractivity contribution in [2.75, 3.05) is 14.1 Å². The molecule has 21 heavy (non-hydrogen) atoms. The molecular formula is C18H18N2O. The lowest BCUT2D eigenvalue weighted by molar-refractivity contribution is 0.397. The second kappa shape index (κ2) is 5.54. The Hall–Kier alpha value is -2.39. The number of fused-ring (bicyclic) bond motifs is 1. The van der Waals surface area contributed by atoms with Crippen LogP contribution in [0.1, 0.15) is 5.69 Å². The Balaban J connectivity index is 2.37. The monoisotopic (exact) mass is 278 g/mol. The summed E-state index contributed by atoms with van der Waals surface area (Å²) in [7, 11) is 4.00. The zero-order valence-electron chi connectivity index (χ0n) is 12.3. The highest BCUT2D eigenvalue weighted by Crippen LogP contribution is 2.29. The van der Waals surface area contributed by atoms with E-state index in [-0.39, 0.29) is 5.56 Å². The number of H-pyrrole nitrogens is 1. The van der Waals surface area contributed by atoms with Crippen LogP contribution in [0, 0.1) is 0 Å². The van der Waals surface area contributed by atoms with Gasteiger partial charge >= 0.3 is 0 Å². The molecule has 0 atom stereocenters. The molecule has 0 unspecified atom stereocenters. The third kappa shape index (κ3) is 2.60. The lowest BCUT2D eigenvalue weighted by Gasteiger charge is -2.16. The van der Waals surface area contributed by atoms with Crippen molar-refractivity contribution in [3.8, 4) is 11.1 Å². The smallest absolute Gasteiger partial charge is 0.256 e. The van der Waals surface area contributed by atoms with Crippen LogP contribution in [0.2, 0.25) is 0 Å². The molecule has 0 bridgehead atoms. The van der Waals surface area contributed by atoms with E-state index < -0.39 is 0 Å². The Labute approximate surface area is 123 Å². The molecular weight excluding hydrogens is 260 g/mol. The molecule has 1 N–H and O–H groups in total. The van der Waals surface area contributed by atoms with Gasteiger partial charge in [-0.3, -0.25) is 4.79 Å². The average molecular weight is 278 g/mol. The summed E-state index contributed by atoms with van der Waals surface area (Å²) in [6.45, 7) is 0.699. The van der Waals surface area contributed by atoms with E-state index in [1.807, 2.05) is 56.6 Å². The Morgan fingerprint density at radius 1 is 0.905 bits per heavy atom. The predicted octanol–water partition coefficient (Wildman–Crippen LogP) is 3.26. The average Bonchev–Trinajstić information content (AvgIpc) is 2.48. The van der Waals surface area contributed by atoms with Crippen molar-refractivity contribution in [3.63, 3.8) is 0 Å². The van der Waals surface area contributed by atoms with E-state index >= 15 is 0 Å². The minimum atomic E-state index is -0.0258. The van der Waals surface area contributed by atoms with E-state index in [9.17, 15) is 4.79 Å². The summed E-state index contributed by atoms with van der Waals surface area (Å²) >= 11 is 0. The van der Waals surface area contributed by atoms with E-state index in [4.69, 9.17) is 0 Å². The zero-order chi connectivity index (χ0) is 14.8. The summed E-state index contributed by atoms with van der Waals surface area (Å²) in [5, 5.41) is 1.74. The number of aromatic nitrogens is 1. The SMILES string of the molecule is CN(C)Cc1[nH]c(=O)c2ccccc2c1-c1ccccc1. The Bertz CT molecular complexity index is 819. The molecule has 0 saturated heterocycles. The maximum atomic E-state index is 12.3. The van der Waals surface area contributed by atoms with E-state index in [2.05, 4.69) is 22.0 Å². The van der Waals surface area contributed by atoms with Gasteiger partial charge in [-0.1, -0.05) is 48.5 Å². The lowest BCUT2D eigenvalue weighted by atomic mass is 9.97. The maximum Gasteiger partial charge on any atom is 0.256 e. The van der Waals surface area contributed by atoms with Gasteiger partial charge < -0.3 is 9.88 Å². The number of pyridine rings is 1. The van der Waals surface area contributed by atoms with Crippen LogP contribution in [-0.2, 0) is 6.54 Å². The highest BCUT2D eigenvalue weighted by molar-refractivity contribution is 5.97. The Morgan fingerprint density at radius 3 is 2.19 bits per heavy atom. The molecule has 0 radical (unpaired) electrons. The third-order valence-corrected chi connectivity index (χ3v) is 3.54. The molecule has 0 fully saturated rings. The molecule has 3 nitrogen and oxygen atoms in total. The Kier molecular flexibility index (Phi) is 3.59. The molecule has 2 aromatic carbocycles. The first-order valence-electron chi connectivity index (χ1n) is 7.01. The van der Waals surface area contributed by atoms with Crippen LogP contribution in [0.25, 0.3) is 21.9 Å². The lowest BCUT2D eigenvalue weighted by Crippen LogP contribution is -2.18. The van der Waals surface area contributed by atoms with Gasteiger partial charge in [0.05, 0.1) is 0 Å². The summed E-state index contributed by atoms with van der Waals surface area (Å²) in [4.78, 5) is 17.4. The summed E-state index contributed by atoms with van der Waals surface area (Å²) in [6.07, 6.45) is 0. The quantitative estimate of drug-likeness (QED) is 0.798. The van der Waals surface area contributed by atoms with Gasteiger partial charge in [-0.2, -0.15) is 0 Å². The zero-order valence-corrected chi connectivity index (χ0v) is 12.3. The van der Waals surface area contributed by atoms with Crippen LogP contribution in [0.5, 0.6) is 0 Å². The minimum absolute atomic E-state index is 0.0258. The van der Waals surface area contributed by atoms with Crippen molar-refractivity contribution >= 4 is 10.8 Å². The highest BCUT2D eigenvalue weighted by Gasteiger charge is 2.13. The molecule has 106 valence electrons. The number of aromatic amines is 1. The van der Waals surface area contributed by atoms with E-state index in [0.717, 1.165) is 27.6 Å². The molecule has 0 amide bonds. The molecule has 1 aromatic heterocycles. The molecule has 0 aliphatic heterocycles. The van der Waals surface area contributed by atoms with Crippen molar-refractivity contribution in [1.82, 2.24) is 9.88 Å². The second-order valence-corrected chi connectivity index (χ2v) is 5.46. The van der Waals surface area contributed by atoms with Crippen molar-refractivity contribution < 1.29 is 0 Å². The Morgan fingerprint density at radius 2 is 1.52 bits per heavy atom. The van der Waals surface area contributed by atoms with Crippen LogP contribution in [0.4, 0.5) is 0 Å². The molecule has 3 heteroatoms. The number of hydrogen-bond donors (Lipinski definition) is 1. The largest absolute Gasteiger partial charge is 0.324 e. The van der Waals surface area contributed by atoms with Gasteiger partial charge in [-0.15, -0.1) is 0 Å². The van der Waals surface area contributed by atoms with Crippen molar-refractivity contribution in [3.05, 3.63) is 70.6 Å². The standard InChI is InChI=1S/C18H18N2O/c1-20(2)12-16-17(13-8-4-3-5-9-13)14-10-6-7-11-15(14)18(21)19-16/h3-11H,12H2,1-2H3,(H,19,21). The number of nitrogens with zero attached hydrogens (tertiary/aromatic N) is 1. The van der Waals surface area contributed by atoms with Gasteiger partial charge in [0.15, 0.2) is 0 Å². The molecule has 3 aromatic rings. The fourth-order valence-electron chi connectivity index (χ4n) is 2.70. The molecule has 1 heterocycles. The summed E-state index contributed by atoms with van der Waals surface area (Å²) in [5.74, 6) is 0. The summed E-state index contributed by atoms with van der Waals surface area (Å²) in [5.41, 5.74) is 3.17. The fourth-order valence-corrected chi connectivity index (χ4v) is 2.70. The van der Waals surface area contributed by atoms with E-state index in [1.165, 1.54) is 0 Å². The first-order valence-corrected chi connectivity index (χ1v) is 7.01. The highest BCUT2D eigenvalue weighted by atomic mass is 16.1. The number of hydrogen-bond acceptors (Lipinski definition) is 2. The number of nitrogens with one attached hydrogen (secondary N) is 1. The van der Waals surface area contributed by atoms with Gasteiger partial charge in [0, 0.05) is 23.2 Å². The first kappa shape index (κ1) is 13.6. The van der Waals surface area contributed by atoms with Gasteiger partial charge in [0.1, 0.15) is 0 Å². The van der Waals surface area contributed by atoms with E-state index in [1.54, 1.807) is 0 Å². The summed E-state index contributed by atoms with van der Waals surface area (Å²) in [6, 6.07) is 18.0. The molecule has 3 rings (SSSR count). The van der Waals surface area contributed by atoms with Crippen LogP contribution in [-0.4, -0.2) is 24.0 Å². The van der Waals surface area contributed by atoms with Crippen molar-refractivity contribution in [1.29, 1.82) is 0 Å². The van der Waals surface area contributed by atoms with Crippen LogP contribution < -0.4 is 5.56 Å². The minimum Gasteiger partial charge on any atom is -0.324 e. The topological polar surface area (TPSA) is 36.1 Å². The first-order chi connectivity index (χ1) is 10.2. The van der Waals surface area contributed by atoms with E-state index in [0.29, 0.717) is 6.54 Å². The van der Waals surface area contributed by atoms with Gasteiger partial charge in [0.2, 0.25) is 0 Å². The second-order valence-electron chi connectivity index (χ2n) is 5.46. The number of rotatable bonds is 3. The van der Waals surface area contributed by atoms with Gasteiger partial charge in [-0.05, 0) is 31.1 Å². The molecule has 0 aliphatic rings. The van der Waals surface area contributed by atoms with Crippen LogP contribution >= 0.6 is 0 Å². The van der Waals surface area contributed by atoms with Crippen molar-refractivity contribution in [2.24, 2.45) is 0 Å². The van der Waals surface area contributed by atoms with Crippen LogP contribution in [0.15, 0.2) is 59.4 Å². The number of benzene rings is 2. The molecule has 0 aliphatic carbocycles. The van der Waals surface area contributed by atoms with Gasteiger partial charge in [-0.25, -0.2) is 0 Å². The third-order valence-electron chi connectivity index (χ3n) is 3.54. The molecule has 0 spiro atoms. The summed E-state index contributed by atoms with van der Waals surface area (Å²) < 4.78 is 0. The van der Waals surface area contributed by atoms with Crippen LogP contribution in [0.3, 0.4) is 0 Å². The van der Waals surface area contributed by atoms with Gasteiger partial charge in [0.25, 0.3) is 5.56 Å².